The molecule has 0 aromatic heterocycles. The van der Waals surface area contributed by atoms with Gasteiger partial charge in [0.25, 0.3) is 0 Å². The van der Waals surface area contributed by atoms with Gasteiger partial charge in [-0.15, -0.1) is 0 Å². The summed E-state index contributed by atoms with van der Waals surface area (Å²) in [6.07, 6.45) is 0. The number of fused-ring (bicyclic) bond motifs is 2. The minimum absolute atomic E-state index is 0.150. The van der Waals surface area contributed by atoms with E-state index in [2.05, 4.69) is 0 Å². The maximum absolute atomic E-state index is 13.0. The second kappa shape index (κ2) is 6.08. The fourth-order valence-electron chi connectivity index (χ4n) is 3.29. The molecule has 0 N–H and O–H groups in total. The van der Waals surface area contributed by atoms with E-state index in [9.17, 15) is 14.4 Å². The Labute approximate surface area is 150 Å². The predicted molar refractivity (Wildman–Crippen MR) is 96.5 cm³/mol. The average molecular weight is 342 g/mol. The monoisotopic (exact) mass is 342 g/mol. The van der Waals surface area contributed by atoms with Crippen LogP contribution < -0.4 is 0 Å². The summed E-state index contributed by atoms with van der Waals surface area (Å²) in [5, 5.41) is 0. The van der Waals surface area contributed by atoms with Gasteiger partial charge in [-0.1, -0.05) is 54.6 Å². The maximum atomic E-state index is 13.0. The van der Waals surface area contributed by atoms with E-state index in [1.165, 1.54) is 7.11 Å². The number of benzene rings is 3. The van der Waals surface area contributed by atoms with Crippen LogP contribution in [0.25, 0.3) is 11.1 Å². The Kier molecular flexibility index (Phi) is 3.73. The highest BCUT2D eigenvalue weighted by Gasteiger charge is 2.31. The lowest BCUT2D eigenvalue weighted by Crippen LogP contribution is -2.21. The Hall–Kier alpha value is -3.53. The first-order valence-electron chi connectivity index (χ1n) is 8.12. The molecule has 26 heavy (non-hydrogen) atoms. The molecule has 0 atom stereocenters. The van der Waals surface area contributed by atoms with Gasteiger partial charge in [-0.2, -0.15) is 0 Å². The van der Waals surface area contributed by atoms with Gasteiger partial charge < -0.3 is 4.74 Å². The first kappa shape index (κ1) is 16.0. The van der Waals surface area contributed by atoms with Crippen LogP contribution in [0.15, 0.2) is 66.7 Å². The first-order valence-corrected chi connectivity index (χ1v) is 8.12. The largest absolute Gasteiger partial charge is 0.465 e. The normalized spacial score (nSPS) is 12.3. The van der Waals surface area contributed by atoms with Crippen molar-refractivity contribution >= 4 is 17.5 Å². The quantitative estimate of drug-likeness (QED) is 0.518. The summed E-state index contributed by atoms with van der Waals surface area (Å²) < 4.78 is 4.70. The van der Waals surface area contributed by atoms with Crippen molar-refractivity contribution in [1.29, 1.82) is 0 Å². The van der Waals surface area contributed by atoms with E-state index in [1.54, 1.807) is 60.7 Å². The number of carbonyl (C=O) groups is 3. The van der Waals surface area contributed by atoms with Gasteiger partial charge in [0, 0.05) is 22.3 Å². The van der Waals surface area contributed by atoms with Gasteiger partial charge in [-0.25, -0.2) is 4.79 Å². The van der Waals surface area contributed by atoms with Crippen LogP contribution in [-0.4, -0.2) is 24.6 Å². The molecule has 0 unspecified atom stereocenters. The van der Waals surface area contributed by atoms with Crippen molar-refractivity contribution in [3.8, 4) is 11.1 Å². The zero-order chi connectivity index (χ0) is 18.3. The lowest BCUT2D eigenvalue weighted by molar-refractivity contribution is 0.0600. The van der Waals surface area contributed by atoms with Crippen LogP contribution in [0, 0.1) is 0 Å². The van der Waals surface area contributed by atoms with Gasteiger partial charge >= 0.3 is 5.97 Å². The molecule has 3 aromatic rings. The Balaban J connectivity index is 1.87. The minimum atomic E-state index is -0.424. The molecule has 126 valence electrons. The highest BCUT2D eigenvalue weighted by molar-refractivity contribution is 6.30. The van der Waals surface area contributed by atoms with Crippen LogP contribution in [-0.2, 0) is 4.74 Å². The Morgan fingerprint density at radius 2 is 1.27 bits per heavy atom. The molecule has 4 rings (SSSR count). The maximum Gasteiger partial charge on any atom is 0.337 e. The number of hydrogen-bond acceptors (Lipinski definition) is 4. The van der Waals surface area contributed by atoms with Crippen molar-refractivity contribution in [2.24, 2.45) is 0 Å². The molecule has 1 aliphatic rings. The molecular weight excluding hydrogens is 328 g/mol. The molecule has 0 bridgehead atoms. The topological polar surface area (TPSA) is 60.4 Å². The van der Waals surface area contributed by atoms with Crippen molar-refractivity contribution in [2.75, 3.05) is 7.11 Å². The summed E-state index contributed by atoms with van der Waals surface area (Å²) in [6, 6.07) is 18.9. The van der Waals surface area contributed by atoms with Gasteiger partial charge in [0.05, 0.1) is 12.7 Å². The van der Waals surface area contributed by atoms with Crippen LogP contribution in [0.2, 0.25) is 0 Å². The predicted octanol–water partition coefficient (Wildman–Crippen LogP) is 3.92. The van der Waals surface area contributed by atoms with E-state index in [4.69, 9.17) is 4.74 Å². The number of ketones is 2. The number of esters is 1. The van der Waals surface area contributed by atoms with Crippen molar-refractivity contribution in [2.45, 2.75) is 0 Å². The van der Waals surface area contributed by atoms with Crippen molar-refractivity contribution in [3.63, 3.8) is 0 Å². The molecule has 0 radical (unpaired) electrons. The minimum Gasteiger partial charge on any atom is -0.465 e. The average Bonchev–Trinajstić information content (AvgIpc) is 2.71. The summed E-state index contributed by atoms with van der Waals surface area (Å²) in [5.41, 5.74) is 3.52. The van der Waals surface area contributed by atoms with Gasteiger partial charge in [0.2, 0.25) is 0 Å². The van der Waals surface area contributed by atoms with Crippen LogP contribution >= 0.6 is 0 Å². The fourth-order valence-corrected chi connectivity index (χ4v) is 3.29. The van der Waals surface area contributed by atoms with Crippen molar-refractivity contribution in [3.05, 3.63) is 94.5 Å². The number of carbonyl (C=O) groups excluding carboxylic acids is 3. The highest BCUT2D eigenvalue weighted by atomic mass is 16.5. The zero-order valence-electron chi connectivity index (χ0n) is 14.0. The van der Waals surface area contributed by atoms with Gasteiger partial charge in [0.15, 0.2) is 11.6 Å². The Morgan fingerprint density at radius 3 is 1.92 bits per heavy atom. The SMILES string of the molecule is COC(=O)c1ccc(-c2cccc3c2C(=O)c2ccccc2C3=O)cc1. The summed E-state index contributed by atoms with van der Waals surface area (Å²) in [5.74, 6) is -0.738. The van der Waals surface area contributed by atoms with Crippen LogP contribution in [0.3, 0.4) is 0 Å². The molecule has 0 saturated carbocycles. The summed E-state index contributed by atoms with van der Waals surface area (Å²) in [7, 11) is 1.32. The number of rotatable bonds is 2. The van der Waals surface area contributed by atoms with Crippen LogP contribution in [0.1, 0.15) is 42.2 Å². The molecule has 0 amide bonds. The highest BCUT2D eigenvalue weighted by Crippen LogP contribution is 2.34. The smallest absolute Gasteiger partial charge is 0.337 e. The van der Waals surface area contributed by atoms with Gasteiger partial charge in [-0.3, -0.25) is 9.59 Å². The lowest BCUT2D eigenvalue weighted by Gasteiger charge is -2.20. The molecule has 3 aromatic carbocycles. The molecule has 4 nitrogen and oxygen atoms in total. The summed E-state index contributed by atoms with van der Waals surface area (Å²) >= 11 is 0. The molecule has 0 spiro atoms. The Morgan fingerprint density at radius 1 is 0.692 bits per heavy atom. The van der Waals surface area contributed by atoms with E-state index in [1.807, 2.05) is 6.07 Å². The second-order valence-corrected chi connectivity index (χ2v) is 6.00. The van der Waals surface area contributed by atoms with Crippen LogP contribution in [0.4, 0.5) is 0 Å². The molecule has 4 heteroatoms. The Bertz CT molecular complexity index is 1060. The van der Waals surface area contributed by atoms with E-state index in [-0.39, 0.29) is 11.6 Å². The molecule has 0 heterocycles. The van der Waals surface area contributed by atoms with E-state index < -0.39 is 5.97 Å². The molecular formula is C22H14O4. The van der Waals surface area contributed by atoms with Crippen molar-refractivity contribution < 1.29 is 19.1 Å². The molecule has 1 aliphatic carbocycles. The first-order chi connectivity index (χ1) is 12.6. The van der Waals surface area contributed by atoms with Gasteiger partial charge in [0.1, 0.15) is 0 Å². The lowest BCUT2D eigenvalue weighted by atomic mass is 9.80. The van der Waals surface area contributed by atoms with Gasteiger partial charge in [-0.05, 0) is 23.3 Å². The summed E-state index contributed by atoms with van der Waals surface area (Å²) in [4.78, 5) is 37.5. The van der Waals surface area contributed by atoms with Crippen molar-refractivity contribution in [1.82, 2.24) is 0 Å². The summed E-state index contributed by atoms with van der Waals surface area (Å²) in [6.45, 7) is 0. The third kappa shape index (κ3) is 2.35. The zero-order valence-corrected chi connectivity index (χ0v) is 14.0. The number of hydrogen-bond donors (Lipinski definition) is 0. The fraction of sp³-hybridized carbons (Fsp3) is 0.0455. The molecule has 0 saturated heterocycles. The third-order valence-corrected chi connectivity index (χ3v) is 4.57. The van der Waals surface area contributed by atoms with E-state index in [0.29, 0.717) is 33.4 Å². The number of methoxy groups -OCH3 is 1. The van der Waals surface area contributed by atoms with E-state index >= 15 is 0 Å². The molecule has 0 aliphatic heterocycles. The number of ether oxygens (including phenoxy) is 1. The second-order valence-electron chi connectivity index (χ2n) is 6.00. The van der Waals surface area contributed by atoms with E-state index in [0.717, 1.165) is 5.56 Å². The molecule has 0 fully saturated rings. The standard InChI is InChI=1S/C22H14O4/c1-26-22(25)14-11-9-13(10-12-14)15-7-4-8-18-19(15)21(24)17-6-3-2-5-16(17)20(18)23/h2-12H,1H3. The third-order valence-electron chi connectivity index (χ3n) is 4.57. The van der Waals surface area contributed by atoms with Crippen LogP contribution in [0.5, 0.6) is 0 Å².